The van der Waals surface area contributed by atoms with E-state index in [1.54, 1.807) is 24.5 Å². The van der Waals surface area contributed by atoms with Crippen LogP contribution >= 0.6 is 11.3 Å². The minimum Gasteiger partial charge on any atom is -0.294 e. The Labute approximate surface area is 93.7 Å². The van der Waals surface area contributed by atoms with Gasteiger partial charge < -0.3 is 0 Å². The van der Waals surface area contributed by atoms with Crippen molar-refractivity contribution in [2.45, 2.75) is 38.5 Å². The summed E-state index contributed by atoms with van der Waals surface area (Å²) in [4.78, 5) is 16.5. The first kappa shape index (κ1) is 9.52. The molecule has 1 aromatic heterocycles. The lowest BCUT2D eigenvalue weighted by Gasteiger charge is -2.18. The molecule has 2 fully saturated rings. The van der Waals surface area contributed by atoms with Crippen molar-refractivity contribution >= 4 is 17.1 Å². The number of rotatable bonds is 2. The lowest BCUT2D eigenvalue weighted by atomic mass is 9.89. The zero-order valence-electron chi connectivity index (χ0n) is 8.90. The van der Waals surface area contributed by atoms with Gasteiger partial charge in [0.05, 0.1) is 9.88 Å². The third kappa shape index (κ3) is 1.53. The van der Waals surface area contributed by atoms with E-state index < -0.39 is 0 Å². The van der Waals surface area contributed by atoms with Crippen molar-refractivity contribution in [1.29, 1.82) is 0 Å². The molecule has 0 aliphatic heterocycles. The number of nitrogens with zero attached hydrogens (tertiary/aromatic N) is 1. The van der Waals surface area contributed by atoms with Crippen molar-refractivity contribution in [3.05, 3.63) is 16.1 Å². The number of carbonyl (C=O) groups excluding carboxylic acids is 1. The van der Waals surface area contributed by atoms with Crippen molar-refractivity contribution < 1.29 is 4.79 Å². The smallest absolute Gasteiger partial charge is 0.171 e. The van der Waals surface area contributed by atoms with Crippen LogP contribution in [0.15, 0.2) is 6.20 Å². The summed E-state index contributed by atoms with van der Waals surface area (Å²) in [7, 11) is 0. The Bertz CT molecular complexity index is 398. The van der Waals surface area contributed by atoms with E-state index in [1.165, 1.54) is 30.7 Å². The predicted octanol–water partition coefficient (Wildman–Crippen LogP) is 3.25. The maximum atomic E-state index is 11.2. The van der Waals surface area contributed by atoms with Crippen LogP contribution in [-0.2, 0) is 0 Å². The van der Waals surface area contributed by atoms with Crippen LogP contribution in [-0.4, -0.2) is 10.8 Å². The summed E-state index contributed by atoms with van der Waals surface area (Å²) in [6.07, 6.45) is 7.28. The van der Waals surface area contributed by atoms with E-state index in [2.05, 4.69) is 4.98 Å². The molecule has 2 nitrogen and oxygen atoms in total. The van der Waals surface area contributed by atoms with Crippen LogP contribution in [0.4, 0.5) is 0 Å². The monoisotopic (exact) mass is 221 g/mol. The van der Waals surface area contributed by atoms with E-state index >= 15 is 0 Å². The Hall–Kier alpha value is -0.700. The maximum absolute atomic E-state index is 11.2. The molecule has 2 aliphatic carbocycles. The first-order chi connectivity index (χ1) is 7.24. The van der Waals surface area contributed by atoms with Gasteiger partial charge in [0, 0.05) is 19.0 Å². The van der Waals surface area contributed by atoms with Gasteiger partial charge in [-0.25, -0.2) is 4.98 Å². The van der Waals surface area contributed by atoms with Crippen LogP contribution in [0.3, 0.4) is 0 Å². The first-order valence-electron chi connectivity index (χ1n) is 5.70. The highest BCUT2D eigenvalue weighted by molar-refractivity contribution is 7.13. The fourth-order valence-corrected chi connectivity index (χ4v) is 4.19. The normalized spacial score (nSPS) is 33.5. The molecule has 3 unspecified atom stereocenters. The molecular formula is C12H15NOS. The molecule has 0 amide bonds. The summed E-state index contributed by atoms with van der Waals surface area (Å²) >= 11 is 1.62. The third-order valence-electron chi connectivity index (χ3n) is 3.93. The van der Waals surface area contributed by atoms with Crippen LogP contribution in [0.5, 0.6) is 0 Å². The van der Waals surface area contributed by atoms with E-state index in [1.807, 2.05) is 0 Å². The molecule has 1 aromatic rings. The Kier molecular flexibility index (Phi) is 2.16. The summed E-state index contributed by atoms with van der Waals surface area (Å²) < 4.78 is 0. The van der Waals surface area contributed by atoms with E-state index in [0.29, 0.717) is 5.92 Å². The van der Waals surface area contributed by atoms with Gasteiger partial charge in [-0.2, -0.15) is 0 Å². The number of thiazole rings is 1. The standard InChI is InChI=1S/C12H15NOS/c1-7(14)11-6-13-12(15-11)10-5-8-2-3-9(10)4-8/h6,8-10H,2-5H2,1H3. The highest BCUT2D eigenvalue weighted by Crippen LogP contribution is 2.53. The highest BCUT2D eigenvalue weighted by Gasteiger charge is 2.41. The second-order valence-electron chi connectivity index (χ2n) is 4.90. The fraction of sp³-hybridized carbons (Fsp3) is 0.667. The molecule has 3 heteroatoms. The number of hydrogen-bond acceptors (Lipinski definition) is 3. The quantitative estimate of drug-likeness (QED) is 0.717. The number of aromatic nitrogens is 1. The molecule has 2 bridgehead atoms. The van der Waals surface area contributed by atoms with Crippen LogP contribution in [0.25, 0.3) is 0 Å². The zero-order valence-corrected chi connectivity index (χ0v) is 9.72. The van der Waals surface area contributed by atoms with Gasteiger partial charge in [-0.3, -0.25) is 4.79 Å². The predicted molar refractivity (Wildman–Crippen MR) is 60.3 cm³/mol. The molecule has 2 aliphatic rings. The number of hydrogen-bond donors (Lipinski definition) is 0. The molecule has 0 N–H and O–H groups in total. The van der Waals surface area contributed by atoms with Gasteiger partial charge in [0.25, 0.3) is 0 Å². The molecule has 3 rings (SSSR count). The van der Waals surface area contributed by atoms with Crippen LogP contribution in [0, 0.1) is 11.8 Å². The minimum absolute atomic E-state index is 0.155. The lowest BCUT2D eigenvalue weighted by Crippen LogP contribution is -2.07. The number of Topliss-reactive ketones (excluding diaryl/α,β-unsaturated/α-hetero) is 1. The average Bonchev–Trinajstić information content (AvgIpc) is 2.93. The lowest BCUT2D eigenvalue weighted by molar-refractivity contribution is 0.102. The zero-order chi connectivity index (χ0) is 10.4. The molecule has 15 heavy (non-hydrogen) atoms. The molecule has 0 aromatic carbocycles. The summed E-state index contributed by atoms with van der Waals surface area (Å²) in [5.41, 5.74) is 0. The van der Waals surface area contributed by atoms with Gasteiger partial charge in [-0.05, 0) is 31.1 Å². The number of ketones is 1. The molecule has 80 valence electrons. The Morgan fingerprint density at radius 1 is 1.47 bits per heavy atom. The van der Waals surface area contributed by atoms with Crippen LogP contribution < -0.4 is 0 Å². The second-order valence-corrected chi connectivity index (χ2v) is 5.96. The van der Waals surface area contributed by atoms with E-state index in [-0.39, 0.29) is 5.78 Å². The summed E-state index contributed by atoms with van der Waals surface area (Å²) in [5, 5.41) is 1.22. The van der Waals surface area contributed by atoms with E-state index in [0.717, 1.165) is 16.7 Å². The largest absolute Gasteiger partial charge is 0.294 e. The second kappa shape index (κ2) is 3.41. The molecule has 0 saturated heterocycles. The topological polar surface area (TPSA) is 30.0 Å². The molecular weight excluding hydrogens is 206 g/mol. The fourth-order valence-electron chi connectivity index (χ4n) is 3.17. The molecule has 0 radical (unpaired) electrons. The molecule has 3 atom stereocenters. The van der Waals surface area contributed by atoms with Gasteiger partial charge in [-0.15, -0.1) is 11.3 Å². The van der Waals surface area contributed by atoms with Gasteiger partial charge in [0.2, 0.25) is 0 Å². The van der Waals surface area contributed by atoms with Gasteiger partial charge in [0.15, 0.2) is 5.78 Å². The van der Waals surface area contributed by atoms with Crippen molar-refractivity contribution in [3.8, 4) is 0 Å². The summed E-state index contributed by atoms with van der Waals surface area (Å²) in [6, 6.07) is 0. The van der Waals surface area contributed by atoms with Crippen molar-refractivity contribution in [1.82, 2.24) is 4.98 Å². The molecule has 1 heterocycles. The Morgan fingerprint density at radius 3 is 2.87 bits per heavy atom. The Morgan fingerprint density at radius 2 is 2.33 bits per heavy atom. The van der Waals surface area contributed by atoms with Gasteiger partial charge >= 0.3 is 0 Å². The minimum atomic E-state index is 0.155. The van der Waals surface area contributed by atoms with Gasteiger partial charge in [0.1, 0.15) is 0 Å². The SMILES string of the molecule is CC(=O)c1cnc(C2CC3CCC2C3)s1. The third-order valence-corrected chi connectivity index (χ3v) is 5.16. The van der Waals surface area contributed by atoms with Gasteiger partial charge in [-0.1, -0.05) is 6.42 Å². The van der Waals surface area contributed by atoms with Crippen molar-refractivity contribution in [3.63, 3.8) is 0 Å². The first-order valence-corrected chi connectivity index (χ1v) is 6.52. The van der Waals surface area contributed by atoms with E-state index in [9.17, 15) is 4.79 Å². The summed E-state index contributed by atoms with van der Waals surface area (Å²) in [6.45, 7) is 1.62. The molecule has 0 spiro atoms. The van der Waals surface area contributed by atoms with Crippen molar-refractivity contribution in [2.24, 2.45) is 11.8 Å². The number of fused-ring (bicyclic) bond motifs is 2. The van der Waals surface area contributed by atoms with Crippen molar-refractivity contribution in [2.75, 3.05) is 0 Å². The number of carbonyl (C=O) groups is 1. The summed E-state index contributed by atoms with van der Waals surface area (Å²) in [5.74, 6) is 2.63. The Balaban J connectivity index is 1.84. The van der Waals surface area contributed by atoms with E-state index in [4.69, 9.17) is 0 Å². The average molecular weight is 221 g/mol. The molecule has 2 saturated carbocycles. The van der Waals surface area contributed by atoms with Crippen LogP contribution in [0.2, 0.25) is 0 Å². The maximum Gasteiger partial charge on any atom is 0.171 e. The highest BCUT2D eigenvalue weighted by atomic mass is 32.1. The van der Waals surface area contributed by atoms with Crippen LogP contribution in [0.1, 0.15) is 53.2 Å².